The van der Waals surface area contributed by atoms with Gasteiger partial charge >= 0.3 is 12.1 Å². The highest BCUT2D eigenvalue weighted by molar-refractivity contribution is 7.89. The van der Waals surface area contributed by atoms with Crippen LogP contribution in [-0.2, 0) is 24.3 Å². The molecule has 0 aliphatic heterocycles. The lowest BCUT2D eigenvalue weighted by Gasteiger charge is -2.15. The maximum atomic E-state index is 12.2. The molecule has 0 fully saturated rings. The molecule has 0 aromatic heterocycles. The molecule has 0 unspecified atom stereocenters. The zero-order valence-electron chi connectivity index (χ0n) is 13.9. The predicted octanol–water partition coefficient (Wildman–Crippen LogP) is 1.02. The number of carbonyl (C=O) groups is 3. The number of nitrogens with one attached hydrogen (secondary N) is 1. The van der Waals surface area contributed by atoms with E-state index in [1.165, 1.54) is 33.2 Å². The van der Waals surface area contributed by atoms with E-state index in [4.69, 9.17) is 16.3 Å². The quantitative estimate of drug-likeness (QED) is 0.743. The third-order valence-electron chi connectivity index (χ3n) is 3.00. The second kappa shape index (κ2) is 8.28. The van der Waals surface area contributed by atoms with Crippen LogP contribution in [0.15, 0.2) is 23.1 Å². The molecule has 2 amide bonds. The first-order chi connectivity index (χ1) is 11.5. The minimum atomic E-state index is -3.79. The minimum absolute atomic E-state index is 0.0525. The molecular weight excluding hydrogens is 376 g/mol. The summed E-state index contributed by atoms with van der Waals surface area (Å²) in [5, 5.41) is 1.79. The fourth-order valence-electron chi connectivity index (χ4n) is 1.56. The molecule has 0 spiro atoms. The SMILES string of the molecule is COC(=O)NC(=O)[C@H](C)OC(=O)c1cc(S(=O)(=O)N(C)C)ccc1Cl. The lowest BCUT2D eigenvalue weighted by Crippen LogP contribution is -2.39. The summed E-state index contributed by atoms with van der Waals surface area (Å²) in [6, 6.07) is 3.51. The van der Waals surface area contributed by atoms with Gasteiger partial charge in [-0.15, -0.1) is 0 Å². The van der Waals surface area contributed by atoms with E-state index >= 15 is 0 Å². The molecular formula is C14H17ClN2O7S. The maximum Gasteiger partial charge on any atom is 0.413 e. The zero-order chi connectivity index (χ0) is 19.4. The van der Waals surface area contributed by atoms with Crippen LogP contribution >= 0.6 is 11.6 Å². The number of hydrogen-bond acceptors (Lipinski definition) is 7. The standard InChI is InChI=1S/C14H17ClN2O7S/c1-8(12(18)16-14(20)23-4)24-13(19)10-7-9(5-6-11(10)15)25(21,22)17(2)3/h5-8H,1-4H3,(H,16,18,20)/t8-/m0/s1. The number of halogens is 1. The topological polar surface area (TPSA) is 119 Å². The van der Waals surface area contributed by atoms with E-state index < -0.39 is 34.1 Å². The van der Waals surface area contributed by atoms with Crippen molar-refractivity contribution in [3.63, 3.8) is 0 Å². The summed E-state index contributed by atoms with van der Waals surface area (Å²) in [5.41, 5.74) is -0.234. The molecule has 0 radical (unpaired) electrons. The van der Waals surface area contributed by atoms with Crippen molar-refractivity contribution in [2.75, 3.05) is 21.2 Å². The molecule has 0 aliphatic rings. The Morgan fingerprint density at radius 3 is 2.36 bits per heavy atom. The van der Waals surface area contributed by atoms with Crippen molar-refractivity contribution in [1.29, 1.82) is 0 Å². The average molecular weight is 393 g/mol. The summed E-state index contributed by atoms with van der Waals surface area (Å²) in [7, 11) is -0.0531. The van der Waals surface area contributed by atoms with Crippen molar-refractivity contribution < 1.29 is 32.3 Å². The van der Waals surface area contributed by atoms with Gasteiger partial charge in [0, 0.05) is 14.1 Å². The van der Waals surface area contributed by atoms with Crippen LogP contribution in [0.25, 0.3) is 0 Å². The lowest BCUT2D eigenvalue weighted by atomic mass is 10.2. The smallest absolute Gasteiger partial charge is 0.413 e. The van der Waals surface area contributed by atoms with E-state index in [1.54, 1.807) is 0 Å². The van der Waals surface area contributed by atoms with Gasteiger partial charge in [-0.05, 0) is 25.1 Å². The van der Waals surface area contributed by atoms with E-state index in [2.05, 4.69) is 4.74 Å². The molecule has 1 rings (SSSR count). The third-order valence-corrected chi connectivity index (χ3v) is 5.14. The molecule has 1 aromatic rings. The number of hydrogen-bond donors (Lipinski definition) is 1. The first kappa shape index (κ1) is 20.9. The average Bonchev–Trinajstić information content (AvgIpc) is 2.54. The Bertz CT molecular complexity index is 792. The monoisotopic (exact) mass is 392 g/mol. The molecule has 0 saturated heterocycles. The van der Waals surface area contributed by atoms with Crippen LogP contribution in [0.4, 0.5) is 4.79 Å². The molecule has 1 N–H and O–H groups in total. The van der Waals surface area contributed by atoms with Crippen LogP contribution in [0.5, 0.6) is 0 Å². The first-order valence-electron chi connectivity index (χ1n) is 6.82. The molecule has 0 aliphatic carbocycles. The largest absolute Gasteiger partial charge is 0.453 e. The molecule has 138 valence electrons. The van der Waals surface area contributed by atoms with E-state index in [-0.39, 0.29) is 15.5 Å². The van der Waals surface area contributed by atoms with E-state index in [1.807, 2.05) is 5.32 Å². The lowest BCUT2D eigenvalue weighted by molar-refractivity contribution is -0.128. The summed E-state index contributed by atoms with van der Waals surface area (Å²) in [6.45, 7) is 1.23. The molecule has 0 bridgehead atoms. The zero-order valence-corrected chi connectivity index (χ0v) is 15.5. The number of nitrogens with zero attached hydrogens (tertiary/aromatic N) is 1. The number of rotatable bonds is 5. The Labute approximate surface area is 149 Å². The highest BCUT2D eigenvalue weighted by atomic mass is 35.5. The Hall–Kier alpha value is -2.17. The van der Waals surface area contributed by atoms with E-state index in [9.17, 15) is 22.8 Å². The van der Waals surface area contributed by atoms with Gasteiger partial charge in [0.15, 0.2) is 6.10 Å². The van der Waals surface area contributed by atoms with Crippen LogP contribution in [-0.4, -0.2) is 58.0 Å². The van der Waals surface area contributed by atoms with Crippen molar-refractivity contribution in [3.8, 4) is 0 Å². The Balaban J connectivity index is 3.02. The van der Waals surface area contributed by atoms with Gasteiger partial charge in [-0.1, -0.05) is 11.6 Å². The number of methoxy groups -OCH3 is 1. The van der Waals surface area contributed by atoms with Gasteiger partial charge in [0.2, 0.25) is 10.0 Å². The fourth-order valence-corrected chi connectivity index (χ4v) is 2.69. The van der Waals surface area contributed by atoms with E-state index in [0.717, 1.165) is 17.5 Å². The van der Waals surface area contributed by atoms with Gasteiger partial charge in [-0.3, -0.25) is 10.1 Å². The third kappa shape index (κ3) is 5.15. The molecule has 9 nitrogen and oxygen atoms in total. The highest BCUT2D eigenvalue weighted by Gasteiger charge is 2.25. The number of sulfonamides is 1. The van der Waals surface area contributed by atoms with Crippen LogP contribution in [0.3, 0.4) is 0 Å². The van der Waals surface area contributed by atoms with Crippen LogP contribution in [0.1, 0.15) is 17.3 Å². The molecule has 0 saturated carbocycles. The second-order valence-corrected chi connectivity index (χ2v) is 7.52. The number of amides is 2. The van der Waals surface area contributed by atoms with Crippen molar-refractivity contribution in [3.05, 3.63) is 28.8 Å². The molecule has 25 heavy (non-hydrogen) atoms. The normalized spacial score (nSPS) is 12.4. The Kier molecular flexibility index (Phi) is 6.91. The van der Waals surface area contributed by atoms with Crippen molar-refractivity contribution in [2.24, 2.45) is 0 Å². The van der Waals surface area contributed by atoms with Crippen LogP contribution in [0, 0.1) is 0 Å². The Morgan fingerprint density at radius 2 is 1.84 bits per heavy atom. The summed E-state index contributed by atoms with van der Waals surface area (Å²) in [5.74, 6) is -1.93. The van der Waals surface area contributed by atoms with Gasteiger partial charge < -0.3 is 9.47 Å². The van der Waals surface area contributed by atoms with Crippen molar-refractivity contribution >= 4 is 39.6 Å². The fraction of sp³-hybridized carbons (Fsp3) is 0.357. The number of carbonyl (C=O) groups excluding carboxylic acids is 3. The van der Waals surface area contributed by atoms with Gasteiger partial charge in [-0.2, -0.15) is 0 Å². The maximum absolute atomic E-state index is 12.2. The second-order valence-electron chi connectivity index (χ2n) is 4.96. The summed E-state index contributed by atoms with van der Waals surface area (Å²) < 4.78 is 34.4. The number of imide groups is 1. The summed E-state index contributed by atoms with van der Waals surface area (Å²) >= 11 is 5.91. The summed E-state index contributed by atoms with van der Waals surface area (Å²) in [6.07, 6.45) is -2.35. The predicted molar refractivity (Wildman–Crippen MR) is 87.8 cm³/mol. The first-order valence-corrected chi connectivity index (χ1v) is 8.64. The summed E-state index contributed by atoms with van der Waals surface area (Å²) in [4.78, 5) is 34.6. The number of alkyl carbamates (subject to hydrolysis) is 1. The van der Waals surface area contributed by atoms with Gasteiger partial charge in [-0.25, -0.2) is 22.3 Å². The highest BCUT2D eigenvalue weighted by Crippen LogP contribution is 2.23. The van der Waals surface area contributed by atoms with Gasteiger partial charge in [0.25, 0.3) is 5.91 Å². The van der Waals surface area contributed by atoms with Crippen LogP contribution < -0.4 is 5.32 Å². The van der Waals surface area contributed by atoms with Gasteiger partial charge in [0.05, 0.1) is 22.6 Å². The van der Waals surface area contributed by atoms with Gasteiger partial charge in [0.1, 0.15) is 0 Å². The van der Waals surface area contributed by atoms with Crippen molar-refractivity contribution in [1.82, 2.24) is 9.62 Å². The molecule has 1 aromatic carbocycles. The number of esters is 1. The number of ether oxygens (including phenoxy) is 2. The molecule has 1 atom stereocenters. The Morgan fingerprint density at radius 1 is 1.24 bits per heavy atom. The molecule has 0 heterocycles. The molecule has 11 heteroatoms. The van der Waals surface area contributed by atoms with Crippen LogP contribution in [0.2, 0.25) is 5.02 Å². The van der Waals surface area contributed by atoms with E-state index in [0.29, 0.717) is 0 Å². The number of benzene rings is 1. The minimum Gasteiger partial charge on any atom is -0.453 e. The van der Waals surface area contributed by atoms with Crippen molar-refractivity contribution in [2.45, 2.75) is 17.9 Å².